The van der Waals surface area contributed by atoms with E-state index in [0.29, 0.717) is 76.7 Å². The number of likely N-dealkylation sites (tertiary alicyclic amines) is 2. The van der Waals surface area contributed by atoms with Gasteiger partial charge in [-0.15, -0.1) is 0 Å². The standard InChI is InChI=1S/C23H28F2N4O5/c1-2-33-22(32)29-9-5-16(6-10-29)26-20(30)19-14-23(34-27-19)7-11-28(12-8-23)21(31)17-4-3-15(24)13-18(17)25/h3-4,13,16H,2,5-12,14H2,1H3,(H,26,30). The molecule has 34 heavy (non-hydrogen) atoms. The Bertz CT molecular complexity index is 986. The highest BCUT2D eigenvalue weighted by Crippen LogP contribution is 2.35. The molecule has 1 spiro atoms. The lowest BCUT2D eigenvalue weighted by Gasteiger charge is -2.37. The Labute approximate surface area is 196 Å². The van der Waals surface area contributed by atoms with Crippen LogP contribution in [0.15, 0.2) is 23.4 Å². The summed E-state index contributed by atoms with van der Waals surface area (Å²) in [6.07, 6.45) is 2.13. The summed E-state index contributed by atoms with van der Waals surface area (Å²) in [7, 11) is 0. The number of ether oxygens (including phenoxy) is 1. The second kappa shape index (κ2) is 9.94. The number of nitrogens with one attached hydrogen (secondary N) is 1. The average molecular weight is 478 g/mol. The Hall–Kier alpha value is -3.24. The third-order valence-electron chi connectivity index (χ3n) is 6.58. The predicted molar refractivity (Wildman–Crippen MR) is 117 cm³/mol. The molecule has 0 aromatic heterocycles. The molecule has 184 valence electrons. The maximum Gasteiger partial charge on any atom is 0.409 e. The molecule has 3 aliphatic heterocycles. The quantitative estimate of drug-likeness (QED) is 0.717. The van der Waals surface area contributed by atoms with E-state index in [0.717, 1.165) is 12.1 Å². The first kappa shape index (κ1) is 23.9. The molecule has 2 saturated heterocycles. The first-order valence-electron chi connectivity index (χ1n) is 11.5. The van der Waals surface area contributed by atoms with Crippen LogP contribution in [0.25, 0.3) is 0 Å². The lowest BCUT2D eigenvalue weighted by Crippen LogP contribution is -2.49. The smallest absolute Gasteiger partial charge is 0.409 e. The van der Waals surface area contributed by atoms with E-state index in [1.807, 2.05) is 0 Å². The third-order valence-corrected chi connectivity index (χ3v) is 6.58. The molecular formula is C23H28F2N4O5. The molecule has 0 radical (unpaired) electrons. The van der Waals surface area contributed by atoms with Gasteiger partial charge in [-0.25, -0.2) is 13.6 Å². The maximum absolute atomic E-state index is 14.0. The minimum absolute atomic E-state index is 0.0671. The van der Waals surface area contributed by atoms with Gasteiger partial charge in [0, 0.05) is 57.5 Å². The van der Waals surface area contributed by atoms with Crippen LogP contribution in [0.1, 0.15) is 49.4 Å². The summed E-state index contributed by atoms with van der Waals surface area (Å²) in [5, 5.41) is 6.98. The van der Waals surface area contributed by atoms with Crippen molar-refractivity contribution in [1.82, 2.24) is 15.1 Å². The van der Waals surface area contributed by atoms with Gasteiger partial charge in [0.2, 0.25) is 0 Å². The number of oxime groups is 1. The van der Waals surface area contributed by atoms with Gasteiger partial charge < -0.3 is 24.7 Å². The molecule has 1 aromatic carbocycles. The highest BCUT2D eigenvalue weighted by Gasteiger charge is 2.45. The number of benzene rings is 1. The number of amides is 3. The van der Waals surface area contributed by atoms with Crippen molar-refractivity contribution in [3.8, 4) is 0 Å². The number of hydrogen-bond donors (Lipinski definition) is 1. The van der Waals surface area contributed by atoms with E-state index < -0.39 is 23.1 Å². The molecule has 2 fully saturated rings. The first-order valence-corrected chi connectivity index (χ1v) is 11.5. The zero-order chi connectivity index (χ0) is 24.3. The topological polar surface area (TPSA) is 101 Å². The van der Waals surface area contributed by atoms with Crippen LogP contribution >= 0.6 is 0 Å². The Kier molecular flexibility index (Phi) is 6.99. The number of rotatable bonds is 4. The van der Waals surface area contributed by atoms with Crippen LogP contribution < -0.4 is 5.32 Å². The fourth-order valence-corrected chi connectivity index (χ4v) is 4.55. The Morgan fingerprint density at radius 1 is 1.15 bits per heavy atom. The van der Waals surface area contributed by atoms with Gasteiger partial charge in [-0.3, -0.25) is 9.59 Å². The second-order valence-electron chi connectivity index (χ2n) is 8.84. The molecule has 0 aliphatic carbocycles. The summed E-state index contributed by atoms with van der Waals surface area (Å²) >= 11 is 0. The number of piperidine rings is 2. The van der Waals surface area contributed by atoms with Crippen molar-refractivity contribution in [1.29, 1.82) is 0 Å². The maximum atomic E-state index is 14.0. The molecule has 1 N–H and O–H groups in total. The van der Waals surface area contributed by atoms with Crippen LogP contribution in [0.2, 0.25) is 0 Å². The van der Waals surface area contributed by atoms with E-state index in [-0.39, 0.29) is 23.6 Å². The van der Waals surface area contributed by atoms with Crippen molar-refractivity contribution in [3.05, 3.63) is 35.4 Å². The van der Waals surface area contributed by atoms with Gasteiger partial charge in [0.1, 0.15) is 22.9 Å². The van der Waals surface area contributed by atoms with Crippen LogP contribution in [0.4, 0.5) is 13.6 Å². The van der Waals surface area contributed by atoms with Gasteiger partial charge >= 0.3 is 6.09 Å². The van der Waals surface area contributed by atoms with E-state index >= 15 is 0 Å². The highest BCUT2D eigenvalue weighted by atomic mass is 19.1. The summed E-state index contributed by atoms with van der Waals surface area (Å²) in [5.74, 6) is -2.42. The van der Waals surface area contributed by atoms with E-state index in [2.05, 4.69) is 10.5 Å². The SMILES string of the molecule is CCOC(=O)N1CCC(NC(=O)C2=NOC3(CCN(C(=O)c4ccc(F)cc4F)CC3)C2)CC1. The zero-order valence-corrected chi connectivity index (χ0v) is 19.0. The molecule has 3 amide bonds. The molecule has 0 unspecified atom stereocenters. The monoisotopic (exact) mass is 478 g/mol. The van der Waals surface area contributed by atoms with Crippen molar-refractivity contribution in [2.45, 2.75) is 50.7 Å². The molecule has 1 aromatic rings. The fourth-order valence-electron chi connectivity index (χ4n) is 4.55. The molecule has 11 heteroatoms. The summed E-state index contributed by atoms with van der Waals surface area (Å²) < 4.78 is 32.1. The minimum atomic E-state index is -0.891. The Balaban J connectivity index is 1.25. The van der Waals surface area contributed by atoms with Gasteiger partial charge in [-0.2, -0.15) is 0 Å². The Morgan fingerprint density at radius 2 is 1.85 bits per heavy atom. The van der Waals surface area contributed by atoms with E-state index in [9.17, 15) is 23.2 Å². The van der Waals surface area contributed by atoms with Gasteiger partial charge in [0.25, 0.3) is 11.8 Å². The minimum Gasteiger partial charge on any atom is -0.450 e. The van der Waals surface area contributed by atoms with Gasteiger partial charge in [0.05, 0.1) is 12.2 Å². The third kappa shape index (κ3) is 5.13. The summed E-state index contributed by atoms with van der Waals surface area (Å²) in [4.78, 5) is 45.9. The summed E-state index contributed by atoms with van der Waals surface area (Å²) in [5.41, 5.74) is -0.537. The molecule has 0 atom stereocenters. The summed E-state index contributed by atoms with van der Waals surface area (Å²) in [6, 6.07) is 2.83. The van der Waals surface area contributed by atoms with E-state index in [1.54, 1.807) is 11.8 Å². The largest absolute Gasteiger partial charge is 0.450 e. The number of carbonyl (C=O) groups is 3. The number of halogens is 2. The lowest BCUT2D eigenvalue weighted by atomic mass is 9.86. The lowest BCUT2D eigenvalue weighted by molar-refractivity contribution is -0.115. The zero-order valence-electron chi connectivity index (χ0n) is 19.0. The average Bonchev–Trinajstić information content (AvgIpc) is 3.23. The molecule has 0 bridgehead atoms. The van der Waals surface area contributed by atoms with Crippen LogP contribution in [-0.4, -0.2) is 77.8 Å². The molecule has 9 nitrogen and oxygen atoms in total. The van der Waals surface area contributed by atoms with Gasteiger partial charge in [0.15, 0.2) is 0 Å². The van der Waals surface area contributed by atoms with Crippen molar-refractivity contribution in [2.75, 3.05) is 32.8 Å². The first-order chi connectivity index (χ1) is 16.3. The van der Waals surface area contributed by atoms with Crippen LogP contribution in [0.5, 0.6) is 0 Å². The molecule has 3 aliphatic rings. The van der Waals surface area contributed by atoms with Crippen molar-refractivity contribution >= 4 is 23.6 Å². The van der Waals surface area contributed by atoms with Crippen molar-refractivity contribution in [2.24, 2.45) is 5.16 Å². The normalized spacial score (nSPS) is 20.0. The number of nitrogens with zero attached hydrogens (tertiary/aromatic N) is 3. The molecule has 3 heterocycles. The highest BCUT2D eigenvalue weighted by molar-refractivity contribution is 6.39. The van der Waals surface area contributed by atoms with Gasteiger partial charge in [-0.1, -0.05) is 5.16 Å². The van der Waals surface area contributed by atoms with Crippen LogP contribution in [0, 0.1) is 11.6 Å². The Morgan fingerprint density at radius 3 is 2.50 bits per heavy atom. The molecule has 4 rings (SSSR count). The molecular weight excluding hydrogens is 450 g/mol. The number of hydrogen-bond acceptors (Lipinski definition) is 6. The van der Waals surface area contributed by atoms with Crippen molar-refractivity contribution < 1.29 is 32.7 Å². The fraction of sp³-hybridized carbons (Fsp3) is 0.565. The second-order valence-corrected chi connectivity index (χ2v) is 8.84. The number of carbonyl (C=O) groups excluding carboxylic acids is 3. The van der Waals surface area contributed by atoms with E-state index in [1.165, 1.54) is 4.90 Å². The van der Waals surface area contributed by atoms with Crippen LogP contribution in [-0.2, 0) is 14.4 Å². The summed E-state index contributed by atoms with van der Waals surface area (Å²) in [6.45, 7) is 3.73. The predicted octanol–water partition coefficient (Wildman–Crippen LogP) is 2.45. The van der Waals surface area contributed by atoms with Crippen molar-refractivity contribution in [3.63, 3.8) is 0 Å². The van der Waals surface area contributed by atoms with Gasteiger partial charge in [-0.05, 0) is 31.9 Å². The van der Waals surface area contributed by atoms with Crippen LogP contribution in [0.3, 0.4) is 0 Å². The van der Waals surface area contributed by atoms with E-state index in [4.69, 9.17) is 9.57 Å². The molecule has 0 saturated carbocycles.